The summed E-state index contributed by atoms with van der Waals surface area (Å²) in [5.41, 5.74) is 11.8. The molecule has 0 unspecified atom stereocenters. The molecule has 8 nitrogen and oxygen atoms in total. The summed E-state index contributed by atoms with van der Waals surface area (Å²) >= 11 is 5.31. The number of benzene rings is 1. The quantitative estimate of drug-likeness (QED) is 0.295. The van der Waals surface area contributed by atoms with Gasteiger partial charge in [-0.15, -0.1) is 0 Å². The summed E-state index contributed by atoms with van der Waals surface area (Å²) in [6.07, 6.45) is 0.656. The van der Waals surface area contributed by atoms with Crippen LogP contribution in [0.3, 0.4) is 0 Å². The van der Waals surface area contributed by atoms with Crippen LogP contribution in [-0.4, -0.2) is 36.3 Å². The number of nitrogens with two attached hydrogens (primary N) is 2. The minimum atomic E-state index is -0.279. The number of guanidine groups is 1. The molecule has 1 aromatic heterocycles. The summed E-state index contributed by atoms with van der Waals surface area (Å²) in [7, 11) is 3.13. The van der Waals surface area contributed by atoms with Crippen molar-refractivity contribution in [3.8, 4) is 22.8 Å². The molecule has 0 radical (unpaired) electrons. The molecule has 0 aliphatic carbocycles. The summed E-state index contributed by atoms with van der Waals surface area (Å²) in [6, 6.07) is 6.86. The highest BCUT2D eigenvalue weighted by atomic mass is 32.1. The molecule has 5 N–H and O–H groups in total. The molecule has 1 heterocycles. The summed E-state index contributed by atoms with van der Waals surface area (Å²) < 4.78 is 12.8. The van der Waals surface area contributed by atoms with Crippen molar-refractivity contribution < 1.29 is 9.47 Å². The summed E-state index contributed by atoms with van der Waals surface area (Å²) in [5, 5.41) is 0. The van der Waals surface area contributed by atoms with E-state index in [-0.39, 0.29) is 11.5 Å². The van der Waals surface area contributed by atoms with Gasteiger partial charge < -0.3 is 25.5 Å². The maximum absolute atomic E-state index is 11.9. The molecule has 0 saturated heterocycles. The number of nitrogens with zero attached hydrogens (tertiary/aromatic N) is 2. The van der Waals surface area contributed by atoms with E-state index in [1.54, 1.807) is 26.4 Å². The van der Waals surface area contributed by atoms with E-state index >= 15 is 0 Å². The Bertz CT molecular complexity index is 884. The number of ether oxygens (including phenoxy) is 2. The van der Waals surface area contributed by atoms with E-state index in [1.807, 2.05) is 10.6 Å². The van der Waals surface area contributed by atoms with Crippen LogP contribution in [-0.2, 0) is 6.54 Å². The average Bonchev–Trinajstić information content (AvgIpc) is 2.58. The van der Waals surface area contributed by atoms with Crippen molar-refractivity contribution in [1.29, 1.82) is 0 Å². The third-order valence-electron chi connectivity index (χ3n) is 3.55. The lowest BCUT2D eigenvalue weighted by Gasteiger charge is -2.16. The molecular formula is C16H21N5O3S. The fourth-order valence-electron chi connectivity index (χ4n) is 2.41. The maximum Gasteiger partial charge on any atom is 0.252 e. The van der Waals surface area contributed by atoms with Gasteiger partial charge in [0.15, 0.2) is 10.7 Å². The largest absolute Gasteiger partial charge is 0.497 e. The molecule has 0 amide bonds. The van der Waals surface area contributed by atoms with Crippen LogP contribution < -0.4 is 26.5 Å². The van der Waals surface area contributed by atoms with Crippen LogP contribution in [0.15, 0.2) is 34.1 Å². The van der Waals surface area contributed by atoms with Gasteiger partial charge in [0, 0.05) is 30.8 Å². The van der Waals surface area contributed by atoms with Gasteiger partial charge in [0.05, 0.1) is 19.9 Å². The standard InChI is InChI=1S/C16H21N5O3S/c1-23-10-4-5-11(13(8-10)24-2)12-9-14(22)20-16(25)21(12)7-3-6-19-15(17)18/h4-5,8-9H,3,6-7H2,1-2H3,(H4,17,18,19)(H,20,22,25). The Labute approximate surface area is 150 Å². The molecule has 0 atom stereocenters. The molecule has 9 heteroatoms. The van der Waals surface area contributed by atoms with Crippen LogP contribution >= 0.6 is 12.2 Å². The van der Waals surface area contributed by atoms with Crippen LogP contribution in [0, 0.1) is 4.77 Å². The minimum Gasteiger partial charge on any atom is -0.497 e. The van der Waals surface area contributed by atoms with Gasteiger partial charge in [-0.1, -0.05) is 0 Å². The summed E-state index contributed by atoms with van der Waals surface area (Å²) in [5.74, 6) is 1.28. The molecule has 0 spiro atoms. The zero-order valence-corrected chi connectivity index (χ0v) is 14.9. The predicted molar refractivity (Wildman–Crippen MR) is 99.7 cm³/mol. The van der Waals surface area contributed by atoms with Crippen LogP contribution in [0.1, 0.15) is 6.42 Å². The number of nitrogens with one attached hydrogen (secondary N) is 1. The Morgan fingerprint density at radius 2 is 2.04 bits per heavy atom. The lowest BCUT2D eigenvalue weighted by molar-refractivity contribution is 0.395. The third kappa shape index (κ3) is 4.60. The molecule has 1 aromatic carbocycles. The number of H-pyrrole nitrogens is 1. The number of hydrogen-bond donors (Lipinski definition) is 3. The van der Waals surface area contributed by atoms with Gasteiger partial charge in [-0.25, -0.2) is 0 Å². The highest BCUT2D eigenvalue weighted by Gasteiger charge is 2.13. The van der Waals surface area contributed by atoms with E-state index in [0.717, 1.165) is 5.56 Å². The minimum absolute atomic E-state index is 0.0436. The van der Waals surface area contributed by atoms with Crippen LogP contribution in [0.25, 0.3) is 11.3 Å². The zero-order chi connectivity index (χ0) is 18.4. The first-order chi connectivity index (χ1) is 12.0. The first-order valence-electron chi connectivity index (χ1n) is 7.58. The number of rotatable bonds is 7. The average molecular weight is 363 g/mol. The van der Waals surface area contributed by atoms with Crippen molar-refractivity contribution >= 4 is 18.2 Å². The van der Waals surface area contributed by atoms with E-state index in [2.05, 4.69) is 9.98 Å². The molecule has 0 saturated carbocycles. The number of hydrogen-bond acceptors (Lipinski definition) is 5. The lowest BCUT2D eigenvalue weighted by Crippen LogP contribution is -2.23. The molecule has 0 fully saturated rings. The molecule has 25 heavy (non-hydrogen) atoms. The van der Waals surface area contributed by atoms with Gasteiger partial charge in [-0.05, 0) is 30.8 Å². The number of methoxy groups -OCH3 is 2. The molecular weight excluding hydrogens is 342 g/mol. The molecule has 134 valence electrons. The number of aromatic amines is 1. The monoisotopic (exact) mass is 363 g/mol. The van der Waals surface area contributed by atoms with Crippen LogP contribution in [0.5, 0.6) is 11.5 Å². The third-order valence-corrected chi connectivity index (χ3v) is 3.88. The number of aliphatic imine (C=N–C) groups is 1. The second-order valence-electron chi connectivity index (χ2n) is 5.20. The fraction of sp³-hybridized carbons (Fsp3) is 0.312. The molecule has 0 aliphatic heterocycles. The van der Waals surface area contributed by atoms with E-state index in [1.165, 1.54) is 6.07 Å². The van der Waals surface area contributed by atoms with Crippen molar-refractivity contribution in [1.82, 2.24) is 9.55 Å². The first-order valence-corrected chi connectivity index (χ1v) is 7.99. The van der Waals surface area contributed by atoms with E-state index in [4.69, 9.17) is 33.2 Å². The number of aromatic nitrogens is 2. The van der Waals surface area contributed by atoms with Gasteiger partial charge >= 0.3 is 0 Å². The summed E-state index contributed by atoms with van der Waals surface area (Å²) in [4.78, 5) is 18.5. The maximum atomic E-state index is 11.9. The van der Waals surface area contributed by atoms with E-state index < -0.39 is 0 Å². The van der Waals surface area contributed by atoms with E-state index in [0.29, 0.717) is 41.5 Å². The van der Waals surface area contributed by atoms with Gasteiger partial charge in [0.2, 0.25) is 0 Å². The molecule has 2 rings (SSSR count). The van der Waals surface area contributed by atoms with Gasteiger partial charge in [-0.2, -0.15) is 0 Å². The van der Waals surface area contributed by atoms with Crippen molar-refractivity contribution in [3.05, 3.63) is 39.4 Å². The summed E-state index contributed by atoms with van der Waals surface area (Å²) in [6.45, 7) is 0.999. The van der Waals surface area contributed by atoms with Crippen LogP contribution in [0.4, 0.5) is 0 Å². The molecule has 0 bridgehead atoms. The Morgan fingerprint density at radius 3 is 2.68 bits per heavy atom. The molecule has 0 aliphatic rings. The Kier molecular flexibility index (Phi) is 6.18. The van der Waals surface area contributed by atoms with Crippen LogP contribution in [0.2, 0.25) is 0 Å². The second kappa shape index (κ2) is 8.34. The predicted octanol–water partition coefficient (Wildman–Crippen LogP) is 1.25. The normalized spacial score (nSPS) is 10.3. The van der Waals surface area contributed by atoms with Crippen molar-refractivity contribution in [2.75, 3.05) is 20.8 Å². The van der Waals surface area contributed by atoms with Crippen molar-refractivity contribution in [2.24, 2.45) is 16.5 Å². The topological polar surface area (TPSA) is 121 Å². The highest BCUT2D eigenvalue weighted by molar-refractivity contribution is 7.71. The van der Waals surface area contributed by atoms with Gasteiger partial charge in [-0.3, -0.25) is 14.8 Å². The zero-order valence-electron chi connectivity index (χ0n) is 14.1. The Morgan fingerprint density at radius 1 is 1.28 bits per heavy atom. The lowest BCUT2D eigenvalue weighted by atomic mass is 10.1. The Balaban J connectivity index is 2.48. The van der Waals surface area contributed by atoms with Crippen molar-refractivity contribution in [3.63, 3.8) is 0 Å². The SMILES string of the molecule is COc1ccc(-c2cc(=O)[nH]c(=S)n2CCCN=C(N)N)c(OC)c1. The van der Waals surface area contributed by atoms with Gasteiger partial charge in [0.1, 0.15) is 11.5 Å². The van der Waals surface area contributed by atoms with Crippen molar-refractivity contribution in [2.45, 2.75) is 13.0 Å². The molecule has 2 aromatic rings. The smallest absolute Gasteiger partial charge is 0.252 e. The van der Waals surface area contributed by atoms with Gasteiger partial charge in [0.25, 0.3) is 5.56 Å². The fourth-order valence-corrected chi connectivity index (χ4v) is 2.70. The van der Waals surface area contributed by atoms with E-state index in [9.17, 15) is 4.79 Å². The second-order valence-corrected chi connectivity index (χ2v) is 5.59. The highest BCUT2D eigenvalue weighted by Crippen LogP contribution is 2.32. The first kappa shape index (κ1) is 18.5. The Hall–Kier alpha value is -2.81.